The van der Waals surface area contributed by atoms with Crippen LogP contribution in [0.3, 0.4) is 0 Å². The van der Waals surface area contributed by atoms with Crippen LogP contribution in [0, 0.1) is 40.4 Å². The van der Waals surface area contributed by atoms with E-state index in [1.807, 2.05) is 0 Å². The molecule has 0 aromatic heterocycles. The van der Waals surface area contributed by atoms with Crippen molar-refractivity contribution in [1.29, 1.82) is 0 Å². The van der Waals surface area contributed by atoms with Crippen LogP contribution >= 0.6 is 0 Å². The Balaban J connectivity index is 1.28. The van der Waals surface area contributed by atoms with Crippen molar-refractivity contribution in [3.8, 4) is 0 Å². The summed E-state index contributed by atoms with van der Waals surface area (Å²) in [6.07, 6.45) is 18.3. The van der Waals surface area contributed by atoms with E-state index in [-0.39, 0.29) is 21.9 Å². The van der Waals surface area contributed by atoms with E-state index in [4.69, 9.17) is 0 Å². The molecule has 1 saturated heterocycles. The average molecular weight is 490 g/mol. The first kappa shape index (κ1) is 23.9. The zero-order valence-electron chi connectivity index (χ0n) is 22.9. The van der Waals surface area contributed by atoms with Crippen molar-refractivity contribution in [3.63, 3.8) is 0 Å². The Morgan fingerprint density at radius 1 is 1.00 bits per heavy atom. The van der Waals surface area contributed by atoms with Crippen LogP contribution < -0.4 is 5.32 Å². The van der Waals surface area contributed by atoms with Gasteiger partial charge in [-0.2, -0.15) is 0 Å². The molecule has 4 saturated carbocycles. The summed E-state index contributed by atoms with van der Waals surface area (Å²) in [4.78, 5) is 0. The molecule has 2 aliphatic heterocycles. The minimum atomic E-state index is -0.563. The van der Waals surface area contributed by atoms with E-state index < -0.39 is 12.2 Å². The summed E-state index contributed by atoms with van der Waals surface area (Å²) >= 11 is 0. The van der Waals surface area contributed by atoms with Gasteiger partial charge in [-0.1, -0.05) is 48.5 Å². The lowest BCUT2D eigenvalue weighted by atomic mass is 9.52. The second-order valence-electron chi connectivity index (χ2n) is 14.8. The van der Waals surface area contributed by atoms with Crippen LogP contribution in [0.25, 0.3) is 0 Å². The molecule has 1 spiro atoms. The van der Waals surface area contributed by atoms with Gasteiger partial charge in [0.05, 0.1) is 17.7 Å². The maximum atomic E-state index is 10.7. The Morgan fingerprint density at radius 2 is 1.78 bits per heavy atom. The Bertz CT molecular complexity index is 1100. The zero-order chi connectivity index (χ0) is 25.3. The van der Waals surface area contributed by atoms with Crippen LogP contribution in [0.4, 0.5) is 0 Å². The normalized spacial score (nSPS) is 55.1. The van der Waals surface area contributed by atoms with Gasteiger partial charge in [0.15, 0.2) is 0 Å². The molecule has 0 radical (unpaired) electrons. The summed E-state index contributed by atoms with van der Waals surface area (Å²) < 4.78 is 0. The lowest BCUT2D eigenvalue weighted by Gasteiger charge is -2.62. The smallest absolute Gasteiger partial charge is 0.0802 e. The maximum absolute atomic E-state index is 10.7. The molecule has 0 aromatic carbocycles. The van der Waals surface area contributed by atoms with Gasteiger partial charge in [0.2, 0.25) is 0 Å². The number of nitrogens with one attached hydrogen (secondary N) is 1. The highest BCUT2D eigenvalue weighted by atomic mass is 16.3. The van der Waals surface area contributed by atoms with Crippen molar-refractivity contribution in [2.45, 2.75) is 115 Å². The van der Waals surface area contributed by atoms with Crippen LogP contribution in [-0.4, -0.2) is 33.5 Å². The van der Waals surface area contributed by atoms with E-state index in [0.29, 0.717) is 29.6 Å². The molecule has 5 aliphatic carbocycles. The third-order valence-electron chi connectivity index (χ3n) is 13.2. The fourth-order valence-corrected chi connectivity index (χ4v) is 11.3. The lowest BCUT2D eigenvalue weighted by Crippen LogP contribution is -2.71. The number of rotatable bonds is 2. The third kappa shape index (κ3) is 2.86. The molecule has 196 valence electrons. The van der Waals surface area contributed by atoms with Crippen LogP contribution in [0.5, 0.6) is 0 Å². The predicted octanol–water partition coefficient (Wildman–Crippen LogP) is 6.24. The number of piperidine rings is 1. The first-order valence-corrected chi connectivity index (χ1v) is 14.9. The topological polar surface area (TPSA) is 52.5 Å². The van der Waals surface area contributed by atoms with E-state index in [1.165, 1.54) is 62.5 Å². The molecule has 36 heavy (non-hydrogen) atoms. The largest absolute Gasteiger partial charge is 0.390 e. The van der Waals surface area contributed by atoms with Gasteiger partial charge in [-0.3, -0.25) is 5.32 Å². The molecule has 3 N–H and O–H groups in total. The van der Waals surface area contributed by atoms with Gasteiger partial charge in [-0.05, 0) is 126 Å². The molecule has 0 amide bonds. The van der Waals surface area contributed by atoms with Crippen LogP contribution in [0.2, 0.25) is 0 Å². The number of hydrogen-bond acceptors (Lipinski definition) is 3. The summed E-state index contributed by atoms with van der Waals surface area (Å²) in [5.41, 5.74) is 6.61. The summed E-state index contributed by atoms with van der Waals surface area (Å²) in [5, 5.41) is 25.6. The molecule has 2 heterocycles. The standard InChI is InChI=1S/C33H47NO2/c1-19(2)21-6-8-30(4)18-25(12-20(3)26(30)14-21)32-9-7-23-16-24-13-22-15-28(35)29(36)17-27(22)33(24,11-10-32)31(23,5)34-32/h10-12,21-24,27-29,34-36H,1,6-9,13-18H2,2-5H3/t21-,22-,23-,24+,27-,28-,29+,30+,31-,32+,33-/m1/s1. The third-order valence-corrected chi connectivity index (χ3v) is 13.2. The SMILES string of the molecule is C=C(C)[C@@H]1CC[C@@]2(C)CC([C@@]34C=C[C@@]56[C@@H](C[C@@H]7C[C@@H](O)[C@@H](O)C[C@H]75)C[C@@H](CC3)[C@@]6(C)N4)=CC(C)=C2C1. The molecular formula is C33H47NO2. The fourth-order valence-electron chi connectivity index (χ4n) is 11.3. The van der Waals surface area contributed by atoms with Gasteiger partial charge in [0.25, 0.3) is 0 Å². The molecule has 0 aromatic rings. The molecular weight excluding hydrogens is 442 g/mol. The minimum Gasteiger partial charge on any atom is -0.390 e. The van der Waals surface area contributed by atoms with Crippen molar-refractivity contribution in [2.24, 2.45) is 40.4 Å². The number of aliphatic hydroxyl groups excluding tert-OH is 2. The lowest BCUT2D eigenvalue weighted by molar-refractivity contribution is -0.0762. The average Bonchev–Trinajstić information content (AvgIpc) is 3.27. The Morgan fingerprint density at radius 3 is 2.56 bits per heavy atom. The number of hydrogen-bond donors (Lipinski definition) is 3. The molecule has 11 atom stereocenters. The van der Waals surface area contributed by atoms with Gasteiger partial charge in [0.1, 0.15) is 0 Å². The first-order chi connectivity index (χ1) is 17.0. The Hall–Kier alpha value is -1.16. The van der Waals surface area contributed by atoms with E-state index in [9.17, 15) is 10.2 Å². The van der Waals surface area contributed by atoms with E-state index in [0.717, 1.165) is 12.8 Å². The van der Waals surface area contributed by atoms with E-state index in [2.05, 4.69) is 57.8 Å². The molecule has 5 fully saturated rings. The molecule has 7 aliphatic rings. The van der Waals surface area contributed by atoms with Crippen LogP contribution in [0.15, 0.2) is 47.1 Å². The molecule has 0 unspecified atom stereocenters. The number of aliphatic hydroxyl groups is 2. The van der Waals surface area contributed by atoms with Crippen molar-refractivity contribution >= 4 is 0 Å². The molecule has 3 nitrogen and oxygen atoms in total. The van der Waals surface area contributed by atoms with Crippen molar-refractivity contribution in [3.05, 3.63) is 47.1 Å². The summed E-state index contributed by atoms with van der Waals surface area (Å²) in [5.74, 6) is 3.08. The van der Waals surface area contributed by atoms with Gasteiger partial charge in [0, 0.05) is 11.0 Å². The molecule has 7 rings (SSSR count). The van der Waals surface area contributed by atoms with Crippen LogP contribution in [-0.2, 0) is 0 Å². The van der Waals surface area contributed by atoms with E-state index in [1.54, 1.807) is 11.1 Å². The highest BCUT2D eigenvalue weighted by Crippen LogP contribution is 2.73. The van der Waals surface area contributed by atoms with E-state index >= 15 is 0 Å². The maximum Gasteiger partial charge on any atom is 0.0802 e. The van der Waals surface area contributed by atoms with Crippen molar-refractivity contribution in [1.82, 2.24) is 5.32 Å². The second kappa shape index (κ2) is 7.48. The quantitative estimate of drug-likeness (QED) is 0.403. The summed E-state index contributed by atoms with van der Waals surface area (Å²) in [6.45, 7) is 14.0. The summed E-state index contributed by atoms with van der Waals surface area (Å²) in [6, 6.07) is 0. The van der Waals surface area contributed by atoms with Gasteiger partial charge >= 0.3 is 0 Å². The zero-order valence-corrected chi connectivity index (χ0v) is 22.9. The Kier molecular flexibility index (Phi) is 4.97. The van der Waals surface area contributed by atoms with Gasteiger partial charge < -0.3 is 10.2 Å². The minimum absolute atomic E-state index is 0.0305. The van der Waals surface area contributed by atoms with Crippen molar-refractivity contribution < 1.29 is 10.2 Å². The summed E-state index contributed by atoms with van der Waals surface area (Å²) in [7, 11) is 0. The first-order valence-electron chi connectivity index (χ1n) is 14.9. The number of fused-ring (bicyclic) bond motifs is 3. The predicted molar refractivity (Wildman–Crippen MR) is 145 cm³/mol. The van der Waals surface area contributed by atoms with Gasteiger partial charge in [-0.15, -0.1) is 0 Å². The molecule has 3 heteroatoms. The van der Waals surface area contributed by atoms with Crippen LogP contribution in [0.1, 0.15) is 91.9 Å². The second-order valence-corrected chi connectivity index (χ2v) is 14.8. The highest BCUT2D eigenvalue weighted by molar-refractivity contribution is 5.49. The number of allylic oxidation sites excluding steroid dienone is 4. The molecule has 2 bridgehead atoms. The fraction of sp³-hybridized carbons (Fsp3) is 0.758. The van der Waals surface area contributed by atoms with Gasteiger partial charge in [-0.25, -0.2) is 0 Å². The van der Waals surface area contributed by atoms with Crippen molar-refractivity contribution in [2.75, 3.05) is 0 Å². The Labute approximate surface area is 218 Å². The monoisotopic (exact) mass is 489 g/mol. The highest BCUT2D eigenvalue weighted by Gasteiger charge is 2.73.